The maximum absolute atomic E-state index is 12.2. The Morgan fingerprint density at radius 2 is 2.09 bits per heavy atom. The molecule has 0 aliphatic heterocycles. The van der Waals surface area contributed by atoms with Crippen molar-refractivity contribution in [2.45, 2.75) is 25.8 Å². The minimum atomic E-state index is -0.770. The Hall–Kier alpha value is -2.28. The van der Waals surface area contributed by atoms with Crippen LogP contribution in [0.4, 0.5) is 0 Å². The molecule has 0 aliphatic carbocycles. The number of nitrogens with two attached hydrogens (primary N) is 1. The van der Waals surface area contributed by atoms with Crippen LogP contribution in [0, 0.1) is 12.3 Å². The quantitative estimate of drug-likeness (QED) is 0.286. The van der Waals surface area contributed by atoms with Gasteiger partial charge in [0.25, 0.3) is 5.91 Å². The summed E-state index contributed by atoms with van der Waals surface area (Å²) in [4.78, 5) is 23.7. The summed E-state index contributed by atoms with van der Waals surface area (Å²) in [5, 5.41) is 15.9. The number of guanidine groups is 1. The highest BCUT2D eigenvalue weighted by atomic mass is 35.5. The van der Waals surface area contributed by atoms with Crippen molar-refractivity contribution in [3.05, 3.63) is 34.3 Å². The van der Waals surface area contributed by atoms with Crippen LogP contribution in [-0.4, -0.2) is 37.4 Å². The summed E-state index contributed by atoms with van der Waals surface area (Å²) in [7, 11) is 1.63. The van der Waals surface area contributed by atoms with Crippen molar-refractivity contribution in [2.75, 3.05) is 13.6 Å². The molecule has 0 aliphatic rings. The van der Waals surface area contributed by atoms with Gasteiger partial charge in [-0.25, -0.2) is 0 Å². The van der Waals surface area contributed by atoms with Gasteiger partial charge >= 0.3 is 0 Å². The molecule has 0 bridgehead atoms. The minimum Gasteiger partial charge on any atom is -0.368 e. The van der Waals surface area contributed by atoms with Gasteiger partial charge in [0.05, 0.1) is 0 Å². The molecule has 7 nitrogen and oxygen atoms in total. The van der Waals surface area contributed by atoms with E-state index in [1.807, 2.05) is 6.92 Å². The van der Waals surface area contributed by atoms with Crippen LogP contribution in [-0.2, 0) is 4.79 Å². The van der Waals surface area contributed by atoms with Crippen LogP contribution in [0.5, 0.6) is 0 Å². The molecule has 6 N–H and O–H groups in total. The van der Waals surface area contributed by atoms with Gasteiger partial charge < -0.3 is 21.7 Å². The Bertz CT molecular complexity index is 591. The van der Waals surface area contributed by atoms with Gasteiger partial charge in [0.2, 0.25) is 5.91 Å². The molecule has 126 valence electrons. The molecule has 1 atom stereocenters. The molecule has 0 fully saturated rings. The van der Waals surface area contributed by atoms with E-state index in [1.165, 1.54) is 0 Å². The lowest BCUT2D eigenvalue weighted by atomic mass is 10.1. The topological polar surface area (TPSA) is 120 Å². The highest BCUT2D eigenvalue weighted by Gasteiger charge is 2.19. The lowest BCUT2D eigenvalue weighted by Gasteiger charge is -2.16. The molecule has 1 rings (SSSR count). The standard InChI is InChI=1S/C15H22ClN5O2/c1-9-5-6-10(8-11(9)16)14(23)21-12(13(17)22)4-3-7-20-15(18)19-2/h5-6,8,12H,3-4,7H2,1-2H3,(H2,17,22)(H,21,23)(H3,18,19,20)/t12-/m0/s1. The van der Waals surface area contributed by atoms with Crippen LogP contribution >= 0.6 is 11.6 Å². The van der Waals surface area contributed by atoms with Crippen LogP contribution in [0.2, 0.25) is 5.02 Å². The molecule has 2 amide bonds. The van der Waals surface area contributed by atoms with Crippen LogP contribution in [0.15, 0.2) is 18.2 Å². The van der Waals surface area contributed by atoms with Gasteiger partial charge in [0.1, 0.15) is 6.04 Å². The Morgan fingerprint density at radius 3 is 2.65 bits per heavy atom. The van der Waals surface area contributed by atoms with E-state index in [0.29, 0.717) is 30.0 Å². The van der Waals surface area contributed by atoms with Crippen molar-refractivity contribution in [1.29, 1.82) is 5.41 Å². The summed E-state index contributed by atoms with van der Waals surface area (Å²) in [6.45, 7) is 2.33. The smallest absolute Gasteiger partial charge is 0.251 e. The van der Waals surface area contributed by atoms with E-state index in [4.69, 9.17) is 22.7 Å². The zero-order chi connectivity index (χ0) is 17.4. The second kappa shape index (κ2) is 8.99. The van der Waals surface area contributed by atoms with Gasteiger partial charge in [-0.05, 0) is 37.5 Å². The van der Waals surface area contributed by atoms with Crippen LogP contribution < -0.4 is 21.7 Å². The minimum absolute atomic E-state index is 0.193. The number of carbonyl (C=O) groups excluding carboxylic acids is 2. The van der Waals surface area contributed by atoms with Gasteiger partial charge in [-0.15, -0.1) is 0 Å². The zero-order valence-electron chi connectivity index (χ0n) is 13.2. The summed E-state index contributed by atoms with van der Waals surface area (Å²) in [6, 6.07) is 4.17. The van der Waals surface area contributed by atoms with E-state index in [9.17, 15) is 9.59 Å². The van der Waals surface area contributed by atoms with Crippen molar-refractivity contribution in [3.63, 3.8) is 0 Å². The second-order valence-corrected chi connectivity index (χ2v) is 5.49. The first-order valence-electron chi connectivity index (χ1n) is 7.21. The molecule has 0 heterocycles. The van der Waals surface area contributed by atoms with E-state index < -0.39 is 17.9 Å². The third-order valence-corrected chi connectivity index (χ3v) is 3.71. The first kappa shape index (κ1) is 18.8. The zero-order valence-corrected chi connectivity index (χ0v) is 14.0. The number of primary amides is 1. The highest BCUT2D eigenvalue weighted by Crippen LogP contribution is 2.16. The molecule has 8 heteroatoms. The fraction of sp³-hybridized carbons (Fsp3) is 0.400. The molecule has 0 aromatic heterocycles. The third kappa shape index (κ3) is 6.15. The summed E-state index contributed by atoms with van der Waals surface area (Å²) in [6.07, 6.45) is 0.956. The van der Waals surface area contributed by atoms with Crippen LogP contribution in [0.25, 0.3) is 0 Å². The molecule has 0 spiro atoms. The number of hydrogen-bond acceptors (Lipinski definition) is 3. The van der Waals surface area contributed by atoms with E-state index in [0.717, 1.165) is 5.56 Å². The fourth-order valence-electron chi connectivity index (χ4n) is 1.87. The normalized spacial score (nSPS) is 11.4. The number of benzene rings is 1. The number of rotatable bonds is 7. The van der Waals surface area contributed by atoms with Gasteiger partial charge in [-0.3, -0.25) is 15.0 Å². The third-order valence-electron chi connectivity index (χ3n) is 3.30. The Balaban J connectivity index is 2.57. The summed E-state index contributed by atoms with van der Waals surface area (Å²) < 4.78 is 0. The monoisotopic (exact) mass is 339 g/mol. The van der Waals surface area contributed by atoms with Crippen molar-refractivity contribution in [3.8, 4) is 0 Å². The molecule has 1 aromatic rings. The average molecular weight is 340 g/mol. The number of aryl methyl sites for hydroxylation is 1. The van der Waals surface area contributed by atoms with Gasteiger partial charge in [-0.2, -0.15) is 0 Å². The molecule has 1 aromatic carbocycles. The first-order valence-corrected chi connectivity index (χ1v) is 7.59. The Kier molecular flexibility index (Phi) is 7.34. The highest BCUT2D eigenvalue weighted by molar-refractivity contribution is 6.31. The molecule has 0 saturated heterocycles. The summed E-state index contributed by atoms with van der Waals surface area (Å²) in [5.74, 6) is -0.800. The lowest BCUT2D eigenvalue weighted by molar-refractivity contribution is -0.120. The van der Waals surface area contributed by atoms with Crippen molar-refractivity contribution in [1.82, 2.24) is 16.0 Å². The van der Waals surface area contributed by atoms with Crippen LogP contribution in [0.1, 0.15) is 28.8 Å². The molecule has 0 saturated carbocycles. The number of hydrogen-bond donors (Lipinski definition) is 5. The molecule has 23 heavy (non-hydrogen) atoms. The van der Waals surface area contributed by atoms with Crippen molar-refractivity contribution < 1.29 is 9.59 Å². The predicted molar refractivity (Wildman–Crippen MR) is 90.7 cm³/mol. The second-order valence-electron chi connectivity index (χ2n) is 5.09. The fourth-order valence-corrected chi connectivity index (χ4v) is 2.05. The van der Waals surface area contributed by atoms with Gasteiger partial charge in [0, 0.05) is 24.2 Å². The largest absolute Gasteiger partial charge is 0.368 e. The summed E-state index contributed by atoms with van der Waals surface area (Å²) in [5.41, 5.74) is 6.58. The van der Waals surface area contributed by atoms with E-state index in [-0.39, 0.29) is 5.96 Å². The lowest BCUT2D eigenvalue weighted by Crippen LogP contribution is -2.45. The first-order chi connectivity index (χ1) is 10.8. The van der Waals surface area contributed by atoms with Crippen LogP contribution in [0.3, 0.4) is 0 Å². The number of nitrogens with one attached hydrogen (secondary N) is 4. The SMILES string of the molecule is CNC(=N)NCCC[C@H](NC(=O)c1ccc(C)c(Cl)c1)C(N)=O. The average Bonchev–Trinajstić information content (AvgIpc) is 2.52. The van der Waals surface area contributed by atoms with Crippen molar-refractivity contribution in [2.24, 2.45) is 5.73 Å². The van der Waals surface area contributed by atoms with Gasteiger partial charge in [0.15, 0.2) is 5.96 Å². The van der Waals surface area contributed by atoms with Crippen molar-refractivity contribution >= 4 is 29.4 Å². The molecule has 0 unspecified atom stereocenters. The molecule has 0 radical (unpaired) electrons. The number of amides is 2. The maximum Gasteiger partial charge on any atom is 0.251 e. The maximum atomic E-state index is 12.2. The number of halogens is 1. The molecular formula is C15H22ClN5O2. The predicted octanol–water partition coefficient (Wildman–Crippen LogP) is 0.756. The number of carbonyl (C=O) groups is 2. The summed E-state index contributed by atoms with van der Waals surface area (Å²) >= 11 is 6.00. The van der Waals surface area contributed by atoms with E-state index in [2.05, 4.69) is 16.0 Å². The molecular weight excluding hydrogens is 318 g/mol. The van der Waals surface area contributed by atoms with Gasteiger partial charge in [-0.1, -0.05) is 17.7 Å². The Labute approximate surface area is 140 Å². The van der Waals surface area contributed by atoms with E-state index >= 15 is 0 Å². The Morgan fingerprint density at radius 1 is 1.39 bits per heavy atom. The van der Waals surface area contributed by atoms with E-state index in [1.54, 1.807) is 25.2 Å².